The maximum atomic E-state index is 5.45. The monoisotopic (exact) mass is 263 g/mol. The predicted molar refractivity (Wildman–Crippen MR) is 68.8 cm³/mol. The quantitative estimate of drug-likeness (QED) is 0.895. The lowest BCUT2D eigenvalue weighted by molar-refractivity contribution is 0.0744. The van der Waals surface area contributed by atoms with E-state index in [9.17, 15) is 0 Å². The standard InChI is InChI=1S/C14H21N3O2/c1-2-10-5-9(1)6-12(10)14-16-13(19-17-14)7-11-8-18-4-3-15-11/h9-12,15H,1-8H2. The molecule has 0 spiro atoms. The van der Waals surface area contributed by atoms with Crippen LogP contribution in [0, 0.1) is 11.8 Å². The third kappa shape index (κ3) is 2.30. The summed E-state index contributed by atoms with van der Waals surface area (Å²) in [6.45, 7) is 2.46. The molecule has 2 saturated carbocycles. The molecule has 4 rings (SSSR count). The third-order valence-electron chi connectivity index (χ3n) is 4.97. The summed E-state index contributed by atoms with van der Waals surface area (Å²) in [5, 5.41) is 7.65. The summed E-state index contributed by atoms with van der Waals surface area (Å²) in [5.74, 6) is 4.02. The van der Waals surface area contributed by atoms with Crippen LogP contribution in [-0.2, 0) is 11.2 Å². The van der Waals surface area contributed by atoms with Gasteiger partial charge in [0.2, 0.25) is 5.89 Å². The van der Waals surface area contributed by atoms with Gasteiger partial charge in [-0.05, 0) is 31.1 Å². The van der Waals surface area contributed by atoms with Crippen molar-refractivity contribution < 1.29 is 9.26 Å². The smallest absolute Gasteiger partial charge is 0.228 e. The van der Waals surface area contributed by atoms with E-state index in [4.69, 9.17) is 9.26 Å². The van der Waals surface area contributed by atoms with Gasteiger partial charge >= 0.3 is 0 Å². The van der Waals surface area contributed by atoms with E-state index in [0.717, 1.165) is 49.7 Å². The minimum Gasteiger partial charge on any atom is -0.378 e. The molecule has 104 valence electrons. The van der Waals surface area contributed by atoms with Crippen LogP contribution in [0.15, 0.2) is 4.52 Å². The Bertz CT molecular complexity index is 442. The van der Waals surface area contributed by atoms with Crippen LogP contribution in [-0.4, -0.2) is 35.9 Å². The highest BCUT2D eigenvalue weighted by Crippen LogP contribution is 2.52. The number of nitrogens with zero attached hydrogens (tertiary/aromatic N) is 2. The Morgan fingerprint density at radius 1 is 1.26 bits per heavy atom. The number of ether oxygens (including phenoxy) is 1. The Morgan fingerprint density at radius 3 is 3.00 bits per heavy atom. The van der Waals surface area contributed by atoms with Crippen LogP contribution in [0.4, 0.5) is 0 Å². The maximum Gasteiger partial charge on any atom is 0.228 e. The highest BCUT2D eigenvalue weighted by atomic mass is 16.5. The second-order valence-electron chi connectivity index (χ2n) is 6.26. The lowest BCUT2D eigenvalue weighted by Crippen LogP contribution is -2.42. The number of rotatable bonds is 3. The van der Waals surface area contributed by atoms with E-state index in [-0.39, 0.29) is 0 Å². The SMILES string of the molecule is C1COCC(Cc2nc(C3CC4CCC3C4)no2)N1. The first kappa shape index (κ1) is 11.9. The third-order valence-corrected chi connectivity index (χ3v) is 4.97. The Morgan fingerprint density at radius 2 is 2.26 bits per heavy atom. The van der Waals surface area contributed by atoms with Gasteiger partial charge in [-0.15, -0.1) is 0 Å². The molecule has 3 aliphatic rings. The van der Waals surface area contributed by atoms with Gasteiger partial charge in [-0.25, -0.2) is 0 Å². The maximum absolute atomic E-state index is 5.45. The number of nitrogens with one attached hydrogen (secondary N) is 1. The van der Waals surface area contributed by atoms with E-state index >= 15 is 0 Å². The number of hydrogen-bond donors (Lipinski definition) is 1. The van der Waals surface area contributed by atoms with Crippen molar-refractivity contribution in [1.82, 2.24) is 15.5 Å². The summed E-state index contributed by atoms with van der Waals surface area (Å²) in [6, 6.07) is 0.321. The van der Waals surface area contributed by atoms with Crippen molar-refractivity contribution in [3.8, 4) is 0 Å². The summed E-state index contributed by atoms with van der Waals surface area (Å²) in [5.41, 5.74) is 0. The number of hydrogen-bond acceptors (Lipinski definition) is 5. The number of morpholine rings is 1. The number of aromatic nitrogens is 2. The fourth-order valence-corrected chi connectivity index (χ4v) is 4.02. The van der Waals surface area contributed by atoms with Gasteiger partial charge in [-0.3, -0.25) is 0 Å². The normalized spacial score (nSPS) is 37.9. The summed E-state index contributed by atoms with van der Waals surface area (Å²) < 4.78 is 10.9. The largest absolute Gasteiger partial charge is 0.378 e. The Hall–Kier alpha value is -0.940. The number of fused-ring (bicyclic) bond motifs is 2. The Labute approximate surface area is 113 Å². The zero-order valence-corrected chi connectivity index (χ0v) is 11.2. The van der Waals surface area contributed by atoms with Crippen LogP contribution in [0.1, 0.15) is 43.3 Å². The van der Waals surface area contributed by atoms with Gasteiger partial charge in [-0.2, -0.15) is 4.98 Å². The van der Waals surface area contributed by atoms with Gasteiger partial charge in [0.15, 0.2) is 5.82 Å². The molecule has 1 saturated heterocycles. The van der Waals surface area contributed by atoms with Crippen LogP contribution in [0.3, 0.4) is 0 Å². The van der Waals surface area contributed by atoms with Gasteiger partial charge in [0, 0.05) is 24.9 Å². The molecule has 0 amide bonds. The molecule has 0 aromatic carbocycles. The first-order chi connectivity index (χ1) is 9.38. The topological polar surface area (TPSA) is 60.2 Å². The van der Waals surface area contributed by atoms with Crippen molar-refractivity contribution in [3.63, 3.8) is 0 Å². The van der Waals surface area contributed by atoms with Crippen molar-refractivity contribution in [2.75, 3.05) is 19.8 Å². The lowest BCUT2D eigenvalue weighted by atomic mass is 9.88. The van der Waals surface area contributed by atoms with Gasteiger partial charge in [0.05, 0.1) is 13.2 Å². The fraction of sp³-hybridized carbons (Fsp3) is 0.857. The van der Waals surface area contributed by atoms with Crippen LogP contribution < -0.4 is 5.32 Å². The fourth-order valence-electron chi connectivity index (χ4n) is 4.02. The van der Waals surface area contributed by atoms with E-state index < -0.39 is 0 Å². The molecule has 5 nitrogen and oxygen atoms in total. The molecule has 19 heavy (non-hydrogen) atoms. The molecular formula is C14H21N3O2. The molecule has 0 radical (unpaired) electrons. The van der Waals surface area contributed by atoms with Crippen molar-refractivity contribution in [3.05, 3.63) is 11.7 Å². The first-order valence-corrected chi connectivity index (χ1v) is 7.52. The molecule has 3 fully saturated rings. The van der Waals surface area contributed by atoms with E-state index in [1.807, 2.05) is 0 Å². The highest BCUT2D eigenvalue weighted by molar-refractivity contribution is 5.06. The van der Waals surface area contributed by atoms with Crippen molar-refractivity contribution in [1.29, 1.82) is 0 Å². The molecule has 4 unspecified atom stereocenters. The van der Waals surface area contributed by atoms with E-state index in [0.29, 0.717) is 12.0 Å². The summed E-state index contributed by atoms with van der Waals surface area (Å²) in [6.07, 6.45) is 6.21. The molecule has 1 aliphatic heterocycles. The molecule has 1 aromatic rings. The van der Waals surface area contributed by atoms with E-state index in [2.05, 4.69) is 15.5 Å². The average molecular weight is 263 g/mol. The summed E-state index contributed by atoms with van der Waals surface area (Å²) in [7, 11) is 0. The van der Waals surface area contributed by atoms with Gasteiger partial charge in [-0.1, -0.05) is 11.6 Å². The van der Waals surface area contributed by atoms with Crippen LogP contribution in [0.5, 0.6) is 0 Å². The molecule has 5 heteroatoms. The van der Waals surface area contributed by atoms with E-state index in [1.165, 1.54) is 25.7 Å². The van der Waals surface area contributed by atoms with Crippen LogP contribution in [0.25, 0.3) is 0 Å². The Balaban J connectivity index is 1.41. The highest BCUT2D eigenvalue weighted by Gasteiger charge is 2.42. The summed E-state index contributed by atoms with van der Waals surface area (Å²) in [4.78, 5) is 4.63. The molecule has 1 aromatic heterocycles. The molecule has 2 bridgehead atoms. The second-order valence-corrected chi connectivity index (χ2v) is 6.26. The molecule has 2 heterocycles. The molecular weight excluding hydrogens is 242 g/mol. The van der Waals surface area contributed by atoms with Gasteiger partial charge < -0.3 is 14.6 Å². The lowest BCUT2D eigenvalue weighted by Gasteiger charge is -2.22. The first-order valence-electron chi connectivity index (χ1n) is 7.52. The van der Waals surface area contributed by atoms with Crippen LogP contribution in [0.2, 0.25) is 0 Å². The predicted octanol–water partition coefficient (Wildman–Crippen LogP) is 1.50. The molecule has 2 aliphatic carbocycles. The van der Waals surface area contributed by atoms with Crippen molar-refractivity contribution in [2.45, 2.75) is 44.1 Å². The molecule has 4 atom stereocenters. The van der Waals surface area contributed by atoms with Gasteiger partial charge in [0.1, 0.15) is 0 Å². The summed E-state index contributed by atoms with van der Waals surface area (Å²) >= 11 is 0. The average Bonchev–Trinajstić information content (AvgIpc) is 3.15. The minimum absolute atomic E-state index is 0.321. The zero-order valence-electron chi connectivity index (χ0n) is 11.2. The zero-order chi connectivity index (χ0) is 12.7. The van der Waals surface area contributed by atoms with E-state index in [1.54, 1.807) is 0 Å². The Kier molecular flexibility index (Phi) is 3.04. The van der Waals surface area contributed by atoms with Crippen molar-refractivity contribution in [2.24, 2.45) is 11.8 Å². The second kappa shape index (κ2) is 4.87. The minimum atomic E-state index is 0.321. The van der Waals surface area contributed by atoms with Crippen LogP contribution >= 0.6 is 0 Å². The molecule has 1 N–H and O–H groups in total. The van der Waals surface area contributed by atoms with Crippen molar-refractivity contribution >= 4 is 0 Å². The van der Waals surface area contributed by atoms with Gasteiger partial charge in [0.25, 0.3) is 0 Å².